The van der Waals surface area contributed by atoms with Gasteiger partial charge in [0.05, 0.1) is 11.5 Å². The molecule has 1 atom stereocenters. The minimum atomic E-state index is -2.72. The predicted molar refractivity (Wildman–Crippen MR) is 54.6 cm³/mol. The zero-order valence-electron chi connectivity index (χ0n) is 9.63. The number of carboxylic acid groups (broad SMARTS) is 1. The Hall–Kier alpha value is -0.710. The van der Waals surface area contributed by atoms with Crippen LogP contribution in [0.5, 0.6) is 0 Å². The lowest BCUT2D eigenvalue weighted by Crippen LogP contribution is -2.47. The van der Waals surface area contributed by atoms with E-state index in [9.17, 15) is 18.7 Å². The van der Waals surface area contributed by atoms with Gasteiger partial charge in [0, 0.05) is 19.4 Å². The van der Waals surface area contributed by atoms with Crippen molar-refractivity contribution in [2.45, 2.75) is 51.6 Å². The van der Waals surface area contributed by atoms with Gasteiger partial charge in [-0.15, -0.1) is 0 Å². The largest absolute Gasteiger partial charge is 0.481 e. The normalized spacial score (nSPS) is 25.0. The topological polar surface area (TPSA) is 46.5 Å². The molecule has 0 aliphatic heterocycles. The van der Waals surface area contributed by atoms with Gasteiger partial charge in [0.2, 0.25) is 5.92 Å². The van der Waals surface area contributed by atoms with Gasteiger partial charge in [0.25, 0.3) is 0 Å². The Morgan fingerprint density at radius 3 is 2.25 bits per heavy atom. The minimum absolute atomic E-state index is 0.0174. The number of hydrogen-bond acceptors (Lipinski definition) is 2. The second-order valence-corrected chi connectivity index (χ2v) is 4.41. The van der Waals surface area contributed by atoms with Crippen LogP contribution < -0.4 is 0 Å². The van der Waals surface area contributed by atoms with Gasteiger partial charge in [-0.1, -0.05) is 0 Å². The fraction of sp³-hybridized carbons (Fsp3) is 0.909. The lowest BCUT2D eigenvalue weighted by atomic mass is 9.69. The van der Waals surface area contributed by atoms with Crippen LogP contribution in [-0.4, -0.2) is 29.7 Å². The summed E-state index contributed by atoms with van der Waals surface area (Å²) in [6, 6.07) is 0. The third kappa shape index (κ3) is 2.51. The number of aliphatic carboxylic acids is 1. The molecule has 1 aliphatic carbocycles. The summed E-state index contributed by atoms with van der Waals surface area (Å²) in [5, 5.41) is 9.23. The number of carbonyl (C=O) groups is 1. The quantitative estimate of drug-likeness (QED) is 0.816. The molecule has 1 fully saturated rings. The number of carboxylic acids is 1. The fourth-order valence-corrected chi connectivity index (χ4v) is 2.27. The third-order valence-corrected chi connectivity index (χ3v) is 3.49. The van der Waals surface area contributed by atoms with E-state index in [0.29, 0.717) is 6.61 Å². The van der Waals surface area contributed by atoms with E-state index in [1.807, 2.05) is 0 Å². The SMILES string of the molecule is CCOC(C)C1(C(=O)O)CCC(F)(F)CC1. The van der Waals surface area contributed by atoms with E-state index in [-0.39, 0.29) is 25.7 Å². The van der Waals surface area contributed by atoms with Crippen LogP contribution in [0.3, 0.4) is 0 Å². The number of halogens is 2. The first-order valence-electron chi connectivity index (χ1n) is 5.57. The second kappa shape index (κ2) is 4.65. The zero-order chi connectivity index (χ0) is 12.4. The van der Waals surface area contributed by atoms with Crippen molar-refractivity contribution in [3.63, 3.8) is 0 Å². The standard InChI is InChI=1S/C11H18F2O3/c1-3-16-8(2)10(9(14)15)4-6-11(12,13)7-5-10/h8H,3-7H2,1-2H3,(H,14,15). The van der Waals surface area contributed by atoms with Crippen molar-refractivity contribution < 1.29 is 23.4 Å². The summed E-state index contributed by atoms with van der Waals surface area (Å²) in [5.74, 6) is -3.74. The van der Waals surface area contributed by atoms with Crippen LogP contribution in [0.25, 0.3) is 0 Å². The maximum atomic E-state index is 13.0. The average molecular weight is 236 g/mol. The lowest BCUT2D eigenvalue weighted by molar-refractivity contribution is -0.171. The average Bonchev–Trinajstić information content (AvgIpc) is 2.18. The van der Waals surface area contributed by atoms with Gasteiger partial charge in [0.1, 0.15) is 0 Å². The molecular weight excluding hydrogens is 218 g/mol. The molecule has 0 aromatic carbocycles. The molecule has 0 spiro atoms. The first-order valence-corrected chi connectivity index (χ1v) is 5.57. The number of rotatable bonds is 4. The molecule has 0 saturated heterocycles. The molecule has 94 valence electrons. The first kappa shape index (κ1) is 13.4. The van der Waals surface area contributed by atoms with Crippen molar-refractivity contribution in [1.82, 2.24) is 0 Å². The molecule has 0 aromatic heterocycles. The van der Waals surface area contributed by atoms with Gasteiger partial charge in [0.15, 0.2) is 0 Å². The van der Waals surface area contributed by atoms with Crippen LogP contribution in [0.15, 0.2) is 0 Å². The minimum Gasteiger partial charge on any atom is -0.481 e. The van der Waals surface area contributed by atoms with Crippen LogP contribution in [0, 0.1) is 5.41 Å². The number of ether oxygens (including phenoxy) is 1. The Kier molecular flexibility index (Phi) is 3.88. The monoisotopic (exact) mass is 236 g/mol. The van der Waals surface area contributed by atoms with Crippen LogP contribution >= 0.6 is 0 Å². The van der Waals surface area contributed by atoms with Crippen molar-refractivity contribution >= 4 is 5.97 Å². The van der Waals surface area contributed by atoms with Crippen LogP contribution in [-0.2, 0) is 9.53 Å². The van der Waals surface area contributed by atoms with Crippen LogP contribution in [0.1, 0.15) is 39.5 Å². The third-order valence-electron chi connectivity index (χ3n) is 3.49. The Labute approximate surface area is 93.8 Å². The zero-order valence-corrected chi connectivity index (χ0v) is 9.63. The molecule has 0 radical (unpaired) electrons. The maximum absolute atomic E-state index is 13.0. The van der Waals surface area contributed by atoms with E-state index in [4.69, 9.17) is 4.74 Å². The molecule has 1 saturated carbocycles. The molecule has 1 N–H and O–H groups in total. The molecule has 0 aromatic rings. The van der Waals surface area contributed by atoms with Gasteiger partial charge in [-0.25, -0.2) is 8.78 Å². The molecule has 1 aliphatic rings. The molecule has 1 rings (SSSR count). The highest BCUT2D eigenvalue weighted by Crippen LogP contribution is 2.46. The summed E-state index contributed by atoms with van der Waals surface area (Å²) in [5.41, 5.74) is -1.14. The summed E-state index contributed by atoms with van der Waals surface area (Å²) in [6.45, 7) is 3.82. The number of alkyl halides is 2. The number of hydrogen-bond donors (Lipinski definition) is 1. The van der Waals surface area contributed by atoms with E-state index in [1.54, 1.807) is 13.8 Å². The molecule has 0 heterocycles. The summed E-state index contributed by atoms with van der Waals surface area (Å²) in [6.07, 6.45) is -1.29. The summed E-state index contributed by atoms with van der Waals surface area (Å²) in [7, 11) is 0. The van der Waals surface area contributed by atoms with Crippen molar-refractivity contribution in [2.75, 3.05) is 6.61 Å². The summed E-state index contributed by atoms with van der Waals surface area (Å²) < 4.78 is 31.3. The van der Waals surface area contributed by atoms with Crippen LogP contribution in [0.4, 0.5) is 8.78 Å². The molecular formula is C11H18F2O3. The van der Waals surface area contributed by atoms with E-state index in [2.05, 4.69) is 0 Å². The van der Waals surface area contributed by atoms with E-state index >= 15 is 0 Å². The van der Waals surface area contributed by atoms with Crippen molar-refractivity contribution in [2.24, 2.45) is 5.41 Å². The summed E-state index contributed by atoms with van der Waals surface area (Å²) in [4.78, 5) is 11.3. The Morgan fingerprint density at radius 1 is 1.38 bits per heavy atom. The molecule has 1 unspecified atom stereocenters. The fourth-order valence-electron chi connectivity index (χ4n) is 2.27. The first-order chi connectivity index (χ1) is 7.34. The van der Waals surface area contributed by atoms with Gasteiger partial charge in [-0.05, 0) is 26.7 Å². The molecule has 0 bridgehead atoms. The van der Waals surface area contributed by atoms with Gasteiger partial charge < -0.3 is 9.84 Å². The Morgan fingerprint density at radius 2 is 1.88 bits per heavy atom. The van der Waals surface area contributed by atoms with Gasteiger partial charge in [-0.3, -0.25) is 4.79 Å². The predicted octanol–water partition coefficient (Wildman–Crippen LogP) is 2.69. The maximum Gasteiger partial charge on any atom is 0.312 e. The van der Waals surface area contributed by atoms with Gasteiger partial charge >= 0.3 is 5.97 Å². The van der Waals surface area contributed by atoms with E-state index in [0.717, 1.165) is 0 Å². The smallest absolute Gasteiger partial charge is 0.312 e. The molecule has 3 nitrogen and oxygen atoms in total. The Balaban J connectivity index is 2.80. The van der Waals surface area contributed by atoms with Crippen molar-refractivity contribution in [3.8, 4) is 0 Å². The lowest BCUT2D eigenvalue weighted by Gasteiger charge is -2.40. The van der Waals surface area contributed by atoms with Gasteiger partial charge in [-0.2, -0.15) is 0 Å². The molecule has 0 amide bonds. The highest BCUT2D eigenvalue weighted by molar-refractivity contribution is 5.75. The van der Waals surface area contributed by atoms with Crippen molar-refractivity contribution in [3.05, 3.63) is 0 Å². The van der Waals surface area contributed by atoms with E-state index in [1.165, 1.54) is 0 Å². The molecule has 16 heavy (non-hydrogen) atoms. The van der Waals surface area contributed by atoms with Crippen molar-refractivity contribution in [1.29, 1.82) is 0 Å². The highest BCUT2D eigenvalue weighted by Gasteiger charge is 2.51. The highest BCUT2D eigenvalue weighted by atomic mass is 19.3. The van der Waals surface area contributed by atoms with Crippen LogP contribution in [0.2, 0.25) is 0 Å². The summed E-state index contributed by atoms with van der Waals surface area (Å²) >= 11 is 0. The Bertz CT molecular complexity index is 256. The molecule has 5 heteroatoms. The second-order valence-electron chi connectivity index (χ2n) is 4.41. The van der Waals surface area contributed by atoms with E-state index < -0.39 is 23.4 Å².